The largest absolute Gasteiger partial charge is 0.396 e. The highest BCUT2D eigenvalue weighted by atomic mass is 16.5. The molecule has 2 atom stereocenters. The molecular formula is C14H29NO2. The first-order valence-electron chi connectivity index (χ1n) is 7.06. The smallest absolute Gasteiger partial charge is 0.0556 e. The summed E-state index contributed by atoms with van der Waals surface area (Å²) < 4.78 is 5.57. The molecule has 1 aliphatic rings. The van der Waals surface area contributed by atoms with Crippen molar-refractivity contribution in [3.05, 3.63) is 0 Å². The number of hydrogen-bond donors (Lipinski definition) is 1. The van der Waals surface area contributed by atoms with E-state index in [4.69, 9.17) is 4.74 Å². The number of ether oxygens (including phenoxy) is 1. The molecule has 0 aromatic rings. The SMILES string of the molecule is CCC(C)CN(CC)CC1(CO)CCCOC1. The van der Waals surface area contributed by atoms with Crippen LogP contribution in [-0.2, 0) is 4.74 Å². The molecule has 0 spiro atoms. The lowest BCUT2D eigenvalue weighted by Gasteiger charge is -2.40. The Labute approximate surface area is 106 Å². The maximum Gasteiger partial charge on any atom is 0.0556 e. The Kier molecular flexibility index (Phi) is 6.45. The molecule has 0 bridgehead atoms. The average Bonchev–Trinajstić information content (AvgIpc) is 2.38. The highest BCUT2D eigenvalue weighted by molar-refractivity contribution is 4.84. The van der Waals surface area contributed by atoms with Crippen molar-refractivity contribution in [2.45, 2.75) is 40.0 Å². The highest BCUT2D eigenvalue weighted by Gasteiger charge is 2.34. The van der Waals surface area contributed by atoms with Crippen molar-refractivity contribution in [1.82, 2.24) is 4.90 Å². The third-order valence-corrected chi connectivity index (χ3v) is 4.01. The fourth-order valence-electron chi connectivity index (χ4n) is 2.56. The molecule has 1 aliphatic heterocycles. The summed E-state index contributed by atoms with van der Waals surface area (Å²) >= 11 is 0. The fraction of sp³-hybridized carbons (Fsp3) is 1.00. The molecule has 0 aliphatic carbocycles. The van der Waals surface area contributed by atoms with Gasteiger partial charge in [-0.25, -0.2) is 0 Å². The van der Waals surface area contributed by atoms with Gasteiger partial charge in [0, 0.05) is 25.1 Å². The molecule has 1 rings (SSSR count). The first kappa shape index (κ1) is 14.9. The van der Waals surface area contributed by atoms with Gasteiger partial charge in [-0.15, -0.1) is 0 Å². The highest BCUT2D eigenvalue weighted by Crippen LogP contribution is 2.29. The van der Waals surface area contributed by atoms with Crippen LogP contribution in [0.3, 0.4) is 0 Å². The Morgan fingerprint density at radius 1 is 1.41 bits per heavy atom. The Balaban J connectivity index is 2.51. The average molecular weight is 243 g/mol. The zero-order valence-corrected chi connectivity index (χ0v) is 11.7. The Morgan fingerprint density at radius 3 is 2.65 bits per heavy atom. The van der Waals surface area contributed by atoms with E-state index in [1.165, 1.54) is 6.42 Å². The normalized spacial score (nSPS) is 27.4. The van der Waals surface area contributed by atoms with E-state index < -0.39 is 0 Å². The van der Waals surface area contributed by atoms with Crippen molar-refractivity contribution in [3.8, 4) is 0 Å². The molecule has 0 radical (unpaired) electrons. The van der Waals surface area contributed by atoms with Crippen LogP contribution in [0.1, 0.15) is 40.0 Å². The molecule has 0 aromatic carbocycles. The number of nitrogens with zero attached hydrogens (tertiary/aromatic N) is 1. The second-order valence-electron chi connectivity index (χ2n) is 5.66. The van der Waals surface area contributed by atoms with Gasteiger partial charge in [-0.1, -0.05) is 27.2 Å². The number of rotatable bonds is 7. The van der Waals surface area contributed by atoms with Gasteiger partial charge >= 0.3 is 0 Å². The topological polar surface area (TPSA) is 32.7 Å². The minimum absolute atomic E-state index is 0.0122. The second-order valence-corrected chi connectivity index (χ2v) is 5.66. The maximum atomic E-state index is 9.67. The van der Waals surface area contributed by atoms with Gasteiger partial charge in [-0.05, 0) is 25.3 Å². The summed E-state index contributed by atoms with van der Waals surface area (Å²) in [6.45, 7) is 11.8. The zero-order valence-electron chi connectivity index (χ0n) is 11.7. The molecule has 3 heteroatoms. The molecule has 1 N–H and O–H groups in total. The quantitative estimate of drug-likeness (QED) is 0.743. The lowest BCUT2D eigenvalue weighted by Crippen LogP contribution is -2.46. The molecule has 0 amide bonds. The zero-order chi connectivity index (χ0) is 12.7. The van der Waals surface area contributed by atoms with Gasteiger partial charge in [0.15, 0.2) is 0 Å². The van der Waals surface area contributed by atoms with Crippen LogP contribution in [0, 0.1) is 11.3 Å². The van der Waals surface area contributed by atoms with Crippen LogP contribution < -0.4 is 0 Å². The van der Waals surface area contributed by atoms with E-state index in [1.54, 1.807) is 0 Å². The van der Waals surface area contributed by atoms with E-state index in [0.29, 0.717) is 0 Å². The van der Waals surface area contributed by atoms with E-state index in [1.807, 2.05) is 0 Å². The van der Waals surface area contributed by atoms with E-state index >= 15 is 0 Å². The van der Waals surface area contributed by atoms with E-state index in [9.17, 15) is 5.11 Å². The summed E-state index contributed by atoms with van der Waals surface area (Å²) in [5, 5.41) is 9.67. The van der Waals surface area contributed by atoms with Crippen LogP contribution in [0.25, 0.3) is 0 Å². The lowest BCUT2D eigenvalue weighted by atomic mass is 9.82. The molecule has 3 nitrogen and oxygen atoms in total. The minimum Gasteiger partial charge on any atom is -0.396 e. The van der Waals surface area contributed by atoms with E-state index in [0.717, 1.165) is 51.6 Å². The number of aliphatic hydroxyl groups is 1. The van der Waals surface area contributed by atoms with Gasteiger partial charge in [0.1, 0.15) is 0 Å². The predicted molar refractivity (Wildman–Crippen MR) is 71.1 cm³/mol. The Bertz CT molecular complexity index is 202. The summed E-state index contributed by atoms with van der Waals surface area (Å²) in [6.07, 6.45) is 3.40. The Morgan fingerprint density at radius 2 is 2.18 bits per heavy atom. The lowest BCUT2D eigenvalue weighted by molar-refractivity contribution is -0.0561. The van der Waals surface area contributed by atoms with E-state index in [-0.39, 0.29) is 12.0 Å². The summed E-state index contributed by atoms with van der Waals surface area (Å²) in [6, 6.07) is 0. The van der Waals surface area contributed by atoms with Crippen molar-refractivity contribution in [1.29, 1.82) is 0 Å². The van der Waals surface area contributed by atoms with Crippen LogP contribution in [0.15, 0.2) is 0 Å². The van der Waals surface area contributed by atoms with Crippen molar-refractivity contribution < 1.29 is 9.84 Å². The van der Waals surface area contributed by atoms with Crippen molar-refractivity contribution >= 4 is 0 Å². The third-order valence-electron chi connectivity index (χ3n) is 4.01. The molecular weight excluding hydrogens is 214 g/mol. The molecule has 1 fully saturated rings. The molecule has 102 valence electrons. The fourth-order valence-corrected chi connectivity index (χ4v) is 2.56. The summed E-state index contributed by atoms with van der Waals surface area (Å²) in [5.74, 6) is 0.732. The molecule has 17 heavy (non-hydrogen) atoms. The monoisotopic (exact) mass is 243 g/mol. The van der Waals surface area contributed by atoms with Gasteiger partial charge < -0.3 is 14.7 Å². The van der Waals surface area contributed by atoms with Crippen LogP contribution in [0.2, 0.25) is 0 Å². The van der Waals surface area contributed by atoms with Crippen molar-refractivity contribution in [2.24, 2.45) is 11.3 Å². The standard InChI is InChI=1S/C14H29NO2/c1-4-13(3)9-15(5-2)10-14(11-16)7-6-8-17-12-14/h13,16H,4-12H2,1-3H3. The minimum atomic E-state index is -0.0122. The second kappa shape index (κ2) is 7.34. The summed E-state index contributed by atoms with van der Waals surface area (Å²) in [7, 11) is 0. The predicted octanol–water partition coefficient (Wildman–Crippen LogP) is 2.14. The summed E-state index contributed by atoms with van der Waals surface area (Å²) in [4.78, 5) is 2.47. The molecule has 1 heterocycles. The molecule has 1 saturated heterocycles. The molecule has 0 saturated carbocycles. The van der Waals surface area contributed by atoms with Crippen molar-refractivity contribution in [2.75, 3.05) is 39.5 Å². The van der Waals surface area contributed by atoms with E-state index in [2.05, 4.69) is 25.7 Å². The van der Waals surface area contributed by atoms with Crippen molar-refractivity contribution in [3.63, 3.8) is 0 Å². The Hall–Kier alpha value is -0.120. The van der Waals surface area contributed by atoms with Gasteiger partial charge in [0.25, 0.3) is 0 Å². The number of hydrogen-bond acceptors (Lipinski definition) is 3. The molecule has 2 unspecified atom stereocenters. The van der Waals surface area contributed by atoms with Gasteiger partial charge in [0.05, 0.1) is 13.2 Å². The van der Waals surface area contributed by atoms with Crippen LogP contribution in [0.5, 0.6) is 0 Å². The van der Waals surface area contributed by atoms with Gasteiger partial charge in [0.2, 0.25) is 0 Å². The van der Waals surface area contributed by atoms with Crippen LogP contribution >= 0.6 is 0 Å². The van der Waals surface area contributed by atoms with Crippen LogP contribution in [-0.4, -0.2) is 49.5 Å². The maximum absolute atomic E-state index is 9.67. The van der Waals surface area contributed by atoms with Crippen LogP contribution in [0.4, 0.5) is 0 Å². The number of aliphatic hydroxyl groups excluding tert-OH is 1. The first-order chi connectivity index (χ1) is 8.15. The first-order valence-corrected chi connectivity index (χ1v) is 7.06. The van der Waals surface area contributed by atoms with Gasteiger partial charge in [-0.3, -0.25) is 0 Å². The molecule has 0 aromatic heterocycles. The summed E-state index contributed by atoms with van der Waals surface area (Å²) in [5.41, 5.74) is -0.0122. The van der Waals surface area contributed by atoms with Gasteiger partial charge in [-0.2, -0.15) is 0 Å². The third kappa shape index (κ3) is 4.57.